The summed E-state index contributed by atoms with van der Waals surface area (Å²) in [4.78, 5) is 38.2. The fraction of sp³-hybridized carbons (Fsp3) is 0.822. The van der Waals surface area contributed by atoms with Crippen LogP contribution < -0.4 is 4.89 Å². The number of hydrogen-bond acceptors (Lipinski definition) is 8. The standard InChI is InChI=1S/C90H166NO8P/c1-6-8-10-12-14-16-18-20-22-24-26-28-30-32-34-36-38-40-42-44-45-47-48-50-52-54-56-58-60-62-64-66-68-70-72-74-76-78-80-82-89(92)96-86-88(87-98-100(94,95)97-85-84-91(3,4)5)99-90(93)83-81-79-77-75-73-71-69-67-65-63-61-59-57-55-53-51-49-46-43-41-39-37-35-33-31-29-27-25-23-21-19-17-15-13-11-9-7-2/h9,11,15,17-18,20-21,23-24,26-27,29,33,35,88H,6-8,10,12-14,16,19,22,25,28,30-32,34,36-87H2,1-5H3/b11-9-,17-15-,20-18-,23-21-,26-24-,29-27-,35-33-. The Kier molecular flexibility index (Phi) is 78.0. The molecule has 0 rings (SSSR count). The fourth-order valence-corrected chi connectivity index (χ4v) is 13.6. The van der Waals surface area contributed by atoms with Crippen molar-refractivity contribution in [2.75, 3.05) is 47.5 Å². The number of quaternary nitrogens is 1. The first kappa shape index (κ1) is 97.2. The number of likely N-dealkylation sites (N-methyl/N-ethyl adjacent to an activating group) is 1. The highest BCUT2D eigenvalue weighted by Gasteiger charge is 2.22. The first-order chi connectivity index (χ1) is 49.0. The summed E-state index contributed by atoms with van der Waals surface area (Å²) in [6, 6.07) is 0. The zero-order valence-electron chi connectivity index (χ0n) is 66.9. The lowest BCUT2D eigenvalue weighted by molar-refractivity contribution is -0.870. The lowest BCUT2D eigenvalue weighted by Crippen LogP contribution is -2.37. The minimum atomic E-state index is -4.65. The smallest absolute Gasteiger partial charge is 0.306 e. The zero-order valence-corrected chi connectivity index (χ0v) is 67.8. The molecular weight excluding hydrogens is 1250 g/mol. The fourth-order valence-electron chi connectivity index (χ4n) is 12.8. The van der Waals surface area contributed by atoms with Crippen molar-refractivity contribution in [2.45, 2.75) is 431 Å². The molecule has 0 saturated carbocycles. The summed E-state index contributed by atoms with van der Waals surface area (Å²) in [7, 11) is 1.19. The minimum Gasteiger partial charge on any atom is -0.756 e. The molecule has 0 amide bonds. The van der Waals surface area contributed by atoms with E-state index in [1.165, 1.54) is 321 Å². The number of unbranched alkanes of at least 4 members (excludes halogenated alkanes) is 53. The number of nitrogens with zero attached hydrogens (tertiary/aromatic N) is 1. The Hall–Kier alpha value is -2.81. The van der Waals surface area contributed by atoms with Gasteiger partial charge in [0.1, 0.15) is 19.8 Å². The van der Waals surface area contributed by atoms with Crippen molar-refractivity contribution < 1.29 is 42.1 Å². The molecule has 0 saturated heterocycles. The molecule has 0 bridgehead atoms. The maximum Gasteiger partial charge on any atom is 0.306 e. The van der Waals surface area contributed by atoms with Crippen molar-refractivity contribution in [3.8, 4) is 0 Å². The second-order valence-corrected chi connectivity index (χ2v) is 31.9. The number of hydrogen-bond donors (Lipinski definition) is 0. The van der Waals surface area contributed by atoms with Crippen LogP contribution in [0.25, 0.3) is 0 Å². The van der Waals surface area contributed by atoms with Crippen LogP contribution in [0.1, 0.15) is 425 Å². The lowest BCUT2D eigenvalue weighted by atomic mass is 10.0. The van der Waals surface area contributed by atoms with Gasteiger partial charge in [0.2, 0.25) is 0 Å². The van der Waals surface area contributed by atoms with Gasteiger partial charge in [-0.15, -0.1) is 0 Å². The number of esters is 2. The number of phosphoric ester groups is 1. The summed E-state index contributed by atoms with van der Waals surface area (Å²) in [5.41, 5.74) is 0. The molecule has 0 N–H and O–H groups in total. The van der Waals surface area contributed by atoms with Gasteiger partial charge in [-0.25, -0.2) is 0 Å². The molecule has 100 heavy (non-hydrogen) atoms. The first-order valence-corrected chi connectivity index (χ1v) is 44.8. The second kappa shape index (κ2) is 80.3. The molecule has 0 aromatic heterocycles. The van der Waals surface area contributed by atoms with Gasteiger partial charge in [-0.3, -0.25) is 14.2 Å². The van der Waals surface area contributed by atoms with Crippen molar-refractivity contribution >= 4 is 19.8 Å². The second-order valence-electron chi connectivity index (χ2n) is 30.5. The molecule has 0 aliphatic rings. The van der Waals surface area contributed by atoms with E-state index in [0.717, 1.165) is 70.6 Å². The molecule has 0 spiro atoms. The van der Waals surface area contributed by atoms with Gasteiger partial charge in [-0.1, -0.05) is 407 Å². The number of phosphoric acid groups is 1. The van der Waals surface area contributed by atoms with E-state index in [4.69, 9.17) is 18.5 Å². The van der Waals surface area contributed by atoms with Crippen molar-refractivity contribution in [1.29, 1.82) is 0 Å². The van der Waals surface area contributed by atoms with Crippen LogP contribution in [0.2, 0.25) is 0 Å². The summed E-state index contributed by atoms with van der Waals surface area (Å²) >= 11 is 0. The first-order valence-electron chi connectivity index (χ1n) is 43.3. The molecule has 9 nitrogen and oxygen atoms in total. The van der Waals surface area contributed by atoms with Gasteiger partial charge in [-0.05, 0) is 89.9 Å². The molecule has 10 heteroatoms. The van der Waals surface area contributed by atoms with Gasteiger partial charge in [0.05, 0.1) is 27.7 Å². The average Bonchev–Trinajstić information content (AvgIpc) is 1.02. The van der Waals surface area contributed by atoms with Crippen molar-refractivity contribution in [3.05, 3.63) is 85.1 Å². The Balaban J connectivity index is 3.87. The average molecular weight is 1420 g/mol. The van der Waals surface area contributed by atoms with Gasteiger partial charge in [0, 0.05) is 12.8 Å². The third-order valence-electron chi connectivity index (χ3n) is 19.4. The SMILES string of the molecule is CC/C=C\C/C=C\C/C=C\C/C=C\C/C=C\CCCCCCCCCCCCCCCCCCCCCCCC(=O)OC(COC(=O)CCCCCCCCCCCCCCCCCCCCCCCCCCCCC/C=C\C/C=C\CCCCCCC)COP(=O)([O-])OCC[N+](C)(C)C. The minimum absolute atomic E-state index is 0.0292. The van der Waals surface area contributed by atoms with E-state index in [-0.39, 0.29) is 32.0 Å². The van der Waals surface area contributed by atoms with Crippen molar-refractivity contribution in [1.82, 2.24) is 0 Å². The predicted molar refractivity (Wildman–Crippen MR) is 434 cm³/mol. The van der Waals surface area contributed by atoms with Crippen LogP contribution in [-0.2, 0) is 32.7 Å². The van der Waals surface area contributed by atoms with Gasteiger partial charge in [0.15, 0.2) is 6.10 Å². The van der Waals surface area contributed by atoms with E-state index in [0.29, 0.717) is 17.4 Å². The number of allylic oxidation sites excluding steroid dienone is 14. The van der Waals surface area contributed by atoms with Gasteiger partial charge < -0.3 is 27.9 Å². The summed E-state index contributed by atoms with van der Waals surface area (Å²) in [5, 5.41) is 0. The Morgan fingerprint density at radius 2 is 0.570 bits per heavy atom. The number of ether oxygens (including phenoxy) is 2. The third-order valence-corrected chi connectivity index (χ3v) is 20.4. The quantitative estimate of drug-likeness (QED) is 0.0195. The summed E-state index contributed by atoms with van der Waals surface area (Å²) in [5.74, 6) is -0.810. The number of carbonyl (C=O) groups excluding carboxylic acids is 2. The van der Waals surface area contributed by atoms with Crippen LogP contribution in [0.4, 0.5) is 0 Å². The van der Waals surface area contributed by atoms with Crippen LogP contribution in [0, 0.1) is 0 Å². The van der Waals surface area contributed by atoms with Gasteiger partial charge in [0.25, 0.3) is 7.82 Å². The van der Waals surface area contributed by atoms with E-state index in [9.17, 15) is 19.0 Å². The Morgan fingerprint density at radius 3 is 0.850 bits per heavy atom. The molecule has 2 unspecified atom stereocenters. The van der Waals surface area contributed by atoms with E-state index >= 15 is 0 Å². The molecule has 2 atom stereocenters. The third kappa shape index (κ3) is 84.1. The Bertz CT molecular complexity index is 1970. The van der Waals surface area contributed by atoms with Crippen molar-refractivity contribution in [3.63, 3.8) is 0 Å². The molecule has 0 radical (unpaired) electrons. The van der Waals surface area contributed by atoms with Crippen molar-refractivity contribution in [2.24, 2.45) is 0 Å². The normalized spacial score (nSPS) is 13.4. The highest BCUT2D eigenvalue weighted by molar-refractivity contribution is 7.45. The monoisotopic (exact) mass is 1420 g/mol. The molecule has 0 aromatic rings. The van der Waals surface area contributed by atoms with E-state index in [1.807, 2.05) is 21.1 Å². The summed E-state index contributed by atoms with van der Waals surface area (Å²) in [6.07, 6.45) is 112. The van der Waals surface area contributed by atoms with E-state index < -0.39 is 26.5 Å². The van der Waals surface area contributed by atoms with Gasteiger partial charge >= 0.3 is 11.9 Å². The highest BCUT2D eigenvalue weighted by Crippen LogP contribution is 2.38. The van der Waals surface area contributed by atoms with Crippen LogP contribution >= 0.6 is 7.82 Å². The highest BCUT2D eigenvalue weighted by atomic mass is 31.2. The zero-order chi connectivity index (χ0) is 72.5. The van der Waals surface area contributed by atoms with Crippen LogP contribution in [-0.4, -0.2) is 70.0 Å². The Labute approximate surface area is 621 Å². The maximum absolute atomic E-state index is 12.9. The Morgan fingerprint density at radius 1 is 0.320 bits per heavy atom. The molecule has 584 valence electrons. The molecule has 0 aromatic carbocycles. The number of carbonyl (C=O) groups is 2. The van der Waals surface area contributed by atoms with Gasteiger partial charge in [-0.2, -0.15) is 0 Å². The van der Waals surface area contributed by atoms with E-state index in [2.05, 4.69) is 98.9 Å². The summed E-state index contributed by atoms with van der Waals surface area (Å²) in [6.45, 7) is 4.18. The van der Waals surface area contributed by atoms with Crippen LogP contribution in [0.3, 0.4) is 0 Å². The lowest BCUT2D eigenvalue weighted by Gasteiger charge is -2.28. The maximum atomic E-state index is 12.9. The molecule has 0 heterocycles. The summed E-state index contributed by atoms with van der Waals surface area (Å²) < 4.78 is 34.5. The number of rotatable bonds is 81. The molecule has 0 fully saturated rings. The van der Waals surface area contributed by atoms with Crippen LogP contribution in [0.15, 0.2) is 85.1 Å². The van der Waals surface area contributed by atoms with E-state index in [1.54, 1.807) is 0 Å². The molecular formula is C90H166NO8P. The topological polar surface area (TPSA) is 111 Å². The predicted octanol–water partition coefficient (Wildman–Crippen LogP) is 28.5. The van der Waals surface area contributed by atoms with Crippen LogP contribution in [0.5, 0.6) is 0 Å². The largest absolute Gasteiger partial charge is 0.756 e. The molecule has 0 aliphatic carbocycles. The molecule has 0 aliphatic heterocycles.